The molecular formula is C14H23ClOSi. The van der Waals surface area contributed by atoms with Crippen molar-refractivity contribution < 1.29 is 5.11 Å². The summed E-state index contributed by atoms with van der Waals surface area (Å²) in [6.07, 6.45) is 0.978. The van der Waals surface area contributed by atoms with Gasteiger partial charge >= 0.3 is 0 Å². The Bertz CT molecular complexity index is 374. The average molecular weight is 271 g/mol. The molecule has 3 heteroatoms. The van der Waals surface area contributed by atoms with Crippen molar-refractivity contribution in [1.29, 1.82) is 0 Å². The van der Waals surface area contributed by atoms with Gasteiger partial charge in [0.1, 0.15) is 0 Å². The third kappa shape index (κ3) is 3.57. The van der Waals surface area contributed by atoms with Gasteiger partial charge in [-0.25, -0.2) is 0 Å². The standard InChI is InChI=1S/C14H23ClOSi/c1-14(2,7-8-15)12-6-5-11(10-16)13(9-12)17(3)4/h5-6,9,16-17H,7-8,10H2,1-4H3. The minimum absolute atomic E-state index is 0.119. The van der Waals surface area contributed by atoms with Gasteiger partial charge in [-0.15, -0.1) is 11.6 Å². The minimum Gasteiger partial charge on any atom is -0.392 e. The zero-order chi connectivity index (χ0) is 13.1. The van der Waals surface area contributed by atoms with Crippen molar-refractivity contribution in [3.05, 3.63) is 29.3 Å². The Morgan fingerprint density at radius 3 is 2.41 bits per heavy atom. The molecule has 1 nitrogen and oxygen atoms in total. The molecule has 17 heavy (non-hydrogen) atoms. The van der Waals surface area contributed by atoms with Crippen LogP contribution >= 0.6 is 11.6 Å². The highest BCUT2D eigenvalue weighted by Crippen LogP contribution is 2.27. The fourth-order valence-electron chi connectivity index (χ4n) is 2.08. The lowest BCUT2D eigenvalue weighted by atomic mass is 9.82. The zero-order valence-electron chi connectivity index (χ0n) is 11.3. The Labute approximate surface area is 111 Å². The lowest BCUT2D eigenvalue weighted by molar-refractivity contribution is 0.282. The van der Waals surface area contributed by atoms with Gasteiger partial charge in [0.05, 0.1) is 15.4 Å². The lowest BCUT2D eigenvalue weighted by Crippen LogP contribution is -2.30. The molecule has 0 saturated heterocycles. The molecule has 0 fully saturated rings. The van der Waals surface area contributed by atoms with Crippen LogP contribution in [0.1, 0.15) is 31.4 Å². The maximum absolute atomic E-state index is 9.37. The van der Waals surface area contributed by atoms with E-state index in [1.807, 2.05) is 0 Å². The van der Waals surface area contributed by atoms with Gasteiger partial charge < -0.3 is 5.11 Å². The number of alkyl halides is 1. The molecule has 96 valence electrons. The van der Waals surface area contributed by atoms with Crippen molar-refractivity contribution in [3.63, 3.8) is 0 Å². The van der Waals surface area contributed by atoms with Gasteiger partial charge in [-0.2, -0.15) is 0 Å². The van der Waals surface area contributed by atoms with E-state index < -0.39 is 8.80 Å². The molecule has 0 aliphatic rings. The van der Waals surface area contributed by atoms with Crippen LogP contribution in [0.2, 0.25) is 13.1 Å². The van der Waals surface area contributed by atoms with E-state index in [0.29, 0.717) is 5.88 Å². The van der Waals surface area contributed by atoms with Crippen LogP contribution in [0, 0.1) is 0 Å². The highest BCUT2D eigenvalue weighted by molar-refractivity contribution is 6.71. The first-order chi connectivity index (χ1) is 7.92. The van der Waals surface area contributed by atoms with Crippen LogP contribution in [0.5, 0.6) is 0 Å². The summed E-state index contributed by atoms with van der Waals surface area (Å²) in [5.74, 6) is 0.684. The third-order valence-electron chi connectivity index (χ3n) is 3.44. The summed E-state index contributed by atoms with van der Waals surface area (Å²) < 4.78 is 0. The molecule has 0 bridgehead atoms. The van der Waals surface area contributed by atoms with E-state index >= 15 is 0 Å². The molecule has 1 aromatic rings. The average Bonchev–Trinajstić information content (AvgIpc) is 2.28. The Balaban J connectivity index is 3.16. The molecule has 0 aromatic heterocycles. The first-order valence-corrected chi connectivity index (χ1v) is 9.64. The number of benzene rings is 1. The van der Waals surface area contributed by atoms with E-state index in [-0.39, 0.29) is 12.0 Å². The molecule has 1 rings (SSSR count). The van der Waals surface area contributed by atoms with E-state index in [2.05, 4.69) is 45.1 Å². The topological polar surface area (TPSA) is 20.2 Å². The van der Waals surface area contributed by atoms with Crippen LogP contribution in [0.4, 0.5) is 0 Å². The smallest absolute Gasteiger partial charge is 0.0680 e. The van der Waals surface area contributed by atoms with Crippen LogP contribution < -0.4 is 5.19 Å². The number of hydrogen-bond acceptors (Lipinski definition) is 1. The van der Waals surface area contributed by atoms with Crippen LogP contribution in [-0.4, -0.2) is 19.8 Å². The molecule has 0 spiro atoms. The van der Waals surface area contributed by atoms with Gasteiger partial charge in [-0.1, -0.05) is 50.3 Å². The largest absolute Gasteiger partial charge is 0.392 e. The third-order valence-corrected chi connectivity index (χ3v) is 5.41. The maximum atomic E-state index is 9.37. The van der Waals surface area contributed by atoms with Crippen molar-refractivity contribution in [2.24, 2.45) is 0 Å². The molecule has 0 aliphatic heterocycles. The summed E-state index contributed by atoms with van der Waals surface area (Å²) in [5, 5.41) is 10.7. The fraction of sp³-hybridized carbons (Fsp3) is 0.571. The maximum Gasteiger partial charge on any atom is 0.0680 e. The van der Waals surface area contributed by atoms with E-state index in [0.717, 1.165) is 12.0 Å². The molecule has 1 N–H and O–H groups in total. The quantitative estimate of drug-likeness (QED) is 0.644. The highest BCUT2D eigenvalue weighted by atomic mass is 35.5. The molecule has 0 heterocycles. The molecule has 0 unspecified atom stereocenters. The molecule has 0 aliphatic carbocycles. The van der Waals surface area contributed by atoms with Crippen LogP contribution in [0.15, 0.2) is 18.2 Å². The number of aliphatic hydroxyl groups is 1. The molecule has 0 amide bonds. The Kier molecular flexibility index (Phi) is 5.23. The second kappa shape index (κ2) is 6.03. The number of halogens is 1. The predicted octanol–water partition coefficient (Wildman–Crippen LogP) is 2.78. The van der Waals surface area contributed by atoms with Crippen molar-refractivity contribution in [2.75, 3.05) is 5.88 Å². The number of aliphatic hydroxyl groups excluding tert-OH is 1. The van der Waals surface area contributed by atoms with E-state index in [1.54, 1.807) is 0 Å². The minimum atomic E-state index is -0.899. The summed E-state index contributed by atoms with van der Waals surface area (Å²) in [6.45, 7) is 9.21. The number of hydrogen-bond donors (Lipinski definition) is 1. The van der Waals surface area contributed by atoms with Gasteiger partial charge in [-0.3, -0.25) is 0 Å². The van der Waals surface area contributed by atoms with Gasteiger partial charge in [0.15, 0.2) is 0 Å². The Hall–Kier alpha value is -0.313. The molecule has 0 saturated carbocycles. The zero-order valence-corrected chi connectivity index (χ0v) is 13.2. The summed E-state index contributed by atoms with van der Waals surface area (Å²) in [6, 6.07) is 6.50. The van der Waals surface area contributed by atoms with Gasteiger partial charge in [-0.05, 0) is 23.0 Å². The van der Waals surface area contributed by atoms with Crippen molar-refractivity contribution in [1.82, 2.24) is 0 Å². The van der Waals surface area contributed by atoms with Crippen molar-refractivity contribution >= 4 is 25.6 Å². The Morgan fingerprint density at radius 1 is 1.29 bits per heavy atom. The summed E-state index contributed by atoms with van der Waals surface area (Å²) in [5.41, 5.74) is 2.55. The highest BCUT2D eigenvalue weighted by Gasteiger charge is 2.21. The van der Waals surface area contributed by atoms with E-state index in [1.165, 1.54) is 10.8 Å². The molecule has 1 aromatic carbocycles. The van der Waals surface area contributed by atoms with Gasteiger partial charge in [0.2, 0.25) is 0 Å². The first kappa shape index (κ1) is 14.7. The summed E-state index contributed by atoms with van der Waals surface area (Å²) in [4.78, 5) is 0. The molecular weight excluding hydrogens is 248 g/mol. The van der Waals surface area contributed by atoms with Crippen LogP contribution in [0.25, 0.3) is 0 Å². The monoisotopic (exact) mass is 270 g/mol. The summed E-state index contributed by atoms with van der Waals surface area (Å²) >= 11 is 5.87. The first-order valence-electron chi connectivity index (χ1n) is 6.22. The van der Waals surface area contributed by atoms with Gasteiger partial charge in [0.25, 0.3) is 0 Å². The number of rotatable bonds is 5. The second-order valence-electron chi connectivity index (χ2n) is 5.55. The summed E-state index contributed by atoms with van der Waals surface area (Å²) in [7, 11) is -0.899. The van der Waals surface area contributed by atoms with Crippen molar-refractivity contribution in [2.45, 2.75) is 45.4 Å². The van der Waals surface area contributed by atoms with Crippen LogP contribution in [0.3, 0.4) is 0 Å². The Morgan fingerprint density at radius 2 is 1.94 bits per heavy atom. The SMILES string of the molecule is C[SiH](C)c1cc(C(C)(C)CCCl)ccc1CO. The van der Waals surface area contributed by atoms with Crippen LogP contribution in [-0.2, 0) is 12.0 Å². The molecule has 0 radical (unpaired) electrons. The van der Waals surface area contributed by atoms with E-state index in [4.69, 9.17) is 11.6 Å². The normalized spacial score (nSPS) is 12.2. The fourth-order valence-corrected chi connectivity index (χ4v) is 3.99. The molecule has 0 atom stereocenters. The lowest BCUT2D eigenvalue weighted by Gasteiger charge is -2.26. The van der Waals surface area contributed by atoms with E-state index in [9.17, 15) is 5.11 Å². The second-order valence-corrected chi connectivity index (χ2v) is 8.86. The predicted molar refractivity (Wildman–Crippen MR) is 79.2 cm³/mol. The van der Waals surface area contributed by atoms with Crippen molar-refractivity contribution in [3.8, 4) is 0 Å². The van der Waals surface area contributed by atoms with Gasteiger partial charge in [0, 0.05) is 5.88 Å².